The first-order chi connectivity index (χ1) is 10.2. The Hall–Kier alpha value is -1.83. The lowest BCUT2D eigenvalue weighted by atomic mass is 10.0. The lowest BCUT2D eigenvalue weighted by molar-refractivity contribution is 0.0819. The number of aliphatic hydroxyl groups excluding tert-OH is 2. The van der Waals surface area contributed by atoms with E-state index in [9.17, 15) is 9.90 Å². The molecule has 1 aliphatic rings. The van der Waals surface area contributed by atoms with E-state index in [1.807, 2.05) is 0 Å². The van der Waals surface area contributed by atoms with E-state index >= 15 is 0 Å². The average molecular weight is 287 g/mol. The highest BCUT2D eigenvalue weighted by molar-refractivity contribution is 5.94. The molecule has 3 N–H and O–H groups in total. The number of carbonyl (C=O) groups is 1. The molecule has 0 heterocycles. The minimum atomic E-state index is -0.453. The van der Waals surface area contributed by atoms with Crippen LogP contribution < -0.4 is 5.32 Å². The molecule has 1 amide bonds. The van der Waals surface area contributed by atoms with Gasteiger partial charge in [-0.05, 0) is 37.1 Å². The molecule has 2 atom stereocenters. The summed E-state index contributed by atoms with van der Waals surface area (Å²) in [5, 5.41) is 21.6. The summed E-state index contributed by atoms with van der Waals surface area (Å²) in [5.74, 6) is 5.18. The SMILES string of the molecule is O=C(NC1CCCCCC1O)c1ccc(C#CCO)cc1. The molecule has 0 spiro atoms. The number of aliphatic hydroxyl groups is 2. The molecule has 0 aliphatic heterocycles. The van der Waals surface area contributed by atoms with Crippen molar-refractivity contribution in [3.63, 3.8) is 0 Å². The molecule has 1 aromatic rings. The van der Waals surface area contributed by atoms with E-state index in [0.717, 1.165) is 37.7 Å². The molecular weight excluding hydrogens is 266 g/mol. The third-order valence-corrected chi connectivity index (χ3v) is 3.75. The number of carbonyl (C=O) groups excluding carboxylic acids is 1. The summed E-state index contributed by atoms with van der Waals surface area (Å²) in [7, 11) is 0. The number of nitrogens with one attached hydrogen (secondary N) is 1. The van der Waals surface area contributed by atoms with Crippen molar-refractivity contribution < 1.29 is 15.0 Å². The lowest BCUT2D eigenvalue weighted by Crippen LogP contribution is -2.42. The first-order valence-corrected chi connectivity index (χ1v) is 7.39. The summed E-state index contributed by atoms with van der Waals surface area (Å²) in [5.41, 5.74) is 1.32. The van der Waals surface area contributed by atoms with Gasteiger partial charge in [0.15, 0.2) is 0 Å². The van der Waals surface area contributed by atoms with Gasteiger partial charge in [-0.25, -0.2) is 0 Å². The molecule has 0 bridgehead atoms. The maximum Gasteiger partial charge on any atom is 0.251 e. The molecule has 1 saturated carbocycles. The van der Waals surface area contributed by atoms with E-state index in [1.165, 1.54) is 0 Å². The van der Waals surface area contributed by atoms with Crippen molar-refractivity contribution in [2.24, 2.45) is 0 Å². The van der Waals surface area contributed by atoms with Crippen molar-refractivity contribution in [2.75, 3.05) is 6.61 Å². The van der Waals surface area contributed by atoms with Crippen LogP contribution in [-0.2, 0) is 0 Å². The summed E-state index contributed by atoms with van der Waals surface area (Å²) >= 11 is 0. The molecule has 1 fully saturated rings. The Bertz CT molecular complexity index is 527. The highest BCUT2D eigenvalue weighted by Crippen LogP contribution is 2.18. The Labute approximate surface area is 125 Å². The molecule has 0 aromatic heterocycles. The molecule has 0 radical (unpaired) electrons. The smallest absolute Gasteiger partial charge is 0.251 e. The van der Waals surface area contributed by atoms with Crippen LogP contribution in [0.5, 0.6) is 0 Å². The van der Waals surface area contributed by atoms with Crippen molar-refractivity contribution in [3.05, 3.63) is 35.4 Å². The Morgan fingerprint density at radius 1 is 1.19 bits per heavy atom. The molecule has 0 saturated heterocycles. The second-order valence-corrected chi connectivity index (χ2v) is 5.32. The zero-order valence-electron chi connectivity index (χ0n) is 12.0. The lowest BCUT2D eigenvalue weighted by Gasteiger charge is -2.21. The third kappa shape index (κ3) is 4.59. The molecule has 1 aromatic carbocycles. The standard InChI is InChI=1S/C17H21NO3/c19-12-4-5-13-8-10-14(11-9-13)17(21)18-15-6-2-1-3-7-16(15)20/h8-11,15-16,19-20H,1-3,6-7,12H2,(H,18,21). The van der Waals surface area contributed by atoms with Gasteiger partial charge in [-0.1, -0.05) is 31.1 Å². The zero-order chi connectivity index (χ0) is 15.1. The molecule has 112 valence electrons. The fourth-order valence-electron chi connectivity index (χ4n) is 2.55. The van der Waals surface area contributed by atoms with Gasteiger partial charge >= 0.3 is 0 Å². The van der Waals surface area contributed by atoms with Gasteiger partial charge in [0.25, 0.3) is 5.91 Å². The second-order valence-electron chi connectivity index (χ2n) is 5.32. The van der Waals surface area contributed by atoms with Gasteiger partial charge in [-0.2, -0.15) is 0 Å². The van der Waals surface area contributed by atoms with Crippen LogP contribution in [-0.4, -0.2) is 34.9 Å². The summed E-state index contributed by atoms with van der Waals surface area (Å²) in [6.07, 6.45) is 4.30. The number of amides is 1. The van der Waals surface area contributed by atoms with E-state index in [2.05, 4.69) is 17.2 Å². The molecule has 1 aliphatic carbocycles. The normalized spacial score (nSPS) is 21.8. The molecule has 21 heavy (non-hydrogen) atoms. The molecule has 4 heteroatoms. The van der Waals surface area contributed by atoms with Crippen molar-refractivity contribution in [2.45, 2.75) is 44.2 Å². The average Bonchev–Trinajstić information content (AvgIpc) is 2.70. The minimum Gasteiger partial charge on any atom is -0.391 e. The molecule has 2 rings (SSSR count). The Balaban J connectivity index is 1.99. The van der Waals surface area contributed by atoms with Crippen LogP contribution in [0.15, 0.2) is 24.3 Å². The first kappa shape index (κ1) is 15.6. The van der Waals surface area contributed by atoms with Crippen LogP contribution in [0.1, 0.15) is 48.0 Å². The Morgan fingerprint density at radius 3 is 2.62 bits per heavy atom. The van der Waals surface area contributed by atoms with Crippen molar-refractivity contribution in [3.8, 4) is 11.8 Å². The maximum absolute atomic E-state index is 12.2. The van der Waals surface area contributed by atoms with Crippen LogP contribution >= 0.6 is 0 Å². The Kier molecular flexibility index (Phi) is 5.79. The summed E-state index contributed by atoms with van der Waals surface area (Å²) in [4.78, 5) is 12.2. The molecule has 4 nitrogen and oxygen atoms in total. The summed E-state index contributed by atoms with van der Waals surface area (Å²) < 4.78 is 0. The molecule has 2 unspecified atom stereocenters. The highest BCUT2D eigenvalue weighted by atomic mass is 16.3. The Morgan fingerprint density at radius 2 is 1.90 bits per heavy atom. The number of benzene rings is 1. The third-order valence-electron chi connectivity index (χ3n) is 3.75. The number of hydrogen-bond acceptors (Lipinski definition) is 3. The van der Waals surface area contributed by atoms with Gasteiger partial charge < -0.3 is 15.5 Å². The molecular formula is C17H21NO3. The van der Waals surface area contributed by atoms with E-state index in [-0.39, 0.29) is 18.6 Å². The van der Waals surface area contributed by atoms with Gasteiger partial charge in [0.05, 0.1) is 12.1 Å². The highest BCUT2D eigenvalue weighted by Gasteiger charge is 2.23. The van der Waals surface area contributed by atoms with E-state index in [1.54, 1.807) is 24.3 Å². The second kappa shape index (κ2) is 7.82. The predicted octanol–water partition coefficient (Wildman–Crippen LogP) is 1.45. The van der Waals surface area contributed by atoms with Crippen molar-refractivity contribution in [1.82, 2.24) is 5.32 Å². The van der Waals surface area contributed by atoms with Crippen LogP contribution in [0, 0.1) is 11.8 Å². The topological polar surface area (TPSA) is 69.6 Å². The number of hydrogen-bond donors (Lipinski definition) is 3. The van der Waals surface area contributed by atoms with Crippen molar-refractivity contribution >= 4 is 5.91 Å². The monoisotopic (exact) mass is 287 g/mol. The predicted molar refractivity (Wildman–Crippen MR) is 80.8 cm³/mol. The quantitative estimate of drug-likeness (QED) is 0.569. The van der Waals surface area contributed by atoms with Crippen molar-refractivity contribution in [1.29, 1.82) is 0 Å². The van der Waals surface area contributed by atoms with E-state index in [4.69, 9.17) is 5.11 Å². The van der Waals surface area contributed by atoms with Gasteiger partial charge in [-0.3, -0.25) is 4.79 Å². The zero-order valence-corrected chi connectivity index (χ0v) is 12.0. The number of rotatable bonds is 2. The largest absolute Gasteiger partial charge is 0.391 e. The summed E-state index contributed by atoms with van der Waals surface area (Å²) in [6, 6.07) is 6.76. The fourth-order valence-corrected chi connectivity index (χ4v) is 2.55. The van der Waals surface area contributed by atoms with Gasteiger partial charge in [0.2, 0.25) is 0 Å². The van der Waals surface area contributed by atoms with Crippen LogP contribution in [0.3, 0.4) is 0 Å². The van der Waals surface area contributed by atoms with Crippen LogP contribution in [0.25, 0.3) is 0 Å². The van der Waals surface area contributed by atoms with E-state index < -0.39 is 6.10 Å². The first-order valence-electron chi connectivity index (χ1n) is 7.39. The summed E-state index contributed by atoms with van der Waals surface area (Å²) in [6.45, 7) is -0.179. The van der Waals surface area contributed by atoms with Crippen LogP contribution in [0.4, 0.5) is 0 Å². The van der Waals surface area contributed by atoms with Crippen LogP contribution in [0.2, 0.25) is 0 Å². The van der Waals surface area contributed by atoms with Gasteiger partial charge in [-0.15, -0.1) is 0 Å². The van der Waals surface area contributed by atoms with E-state index in [0.29, 0.717) is 5.56 Å². The van der Waals surface area contributed by atoms with Gasteiger partial charge in [0.1, 0.15) is 6.61 Å². The van der Waals surface area contributed by atoms with Gasteiger partial charge in [0, 0.05) is 11.1 Å². The fraction of sp³-hybridized carbons (Fsp3) is 0.471. The minimum absolute atomic E-state index is 0.158. The maximum atomic E-state index is 12.2.